The molecule has 2 aliphatic heterocycles. The fraction of sp³-hybridized carbons (Fsp3) is 0.407. The van der Waals surface area contributed by atoms with Crippen molar-refractivity contribution in [3.63, 3.8) is 0 Å². The Morgan fingerprint density at radius 2 is 1.09 bits per heavy atom. The number of nitrogens with zero attached hydrogens (tertiary/aromatic N) is 2. The van der Waals surface area contributed by atoms with Crippen LogP contribution in [0, 0.1) is 23.3 Å². The van der Waals surface area contributed by atoms with Gasteiger partial charge >= 0.3 is 16.1 Å². The van der Waals surface area contributed by atoms with Gasteiger partial charge in [0.05, 0.1) is 61.5 Å². The second-order valence-corrected chi connectivity index (χ2v) is 27.6. The van der Waals surface area contributed by atoms with Crippen molar-refractivity contribution in [3.8, 4) is 5.75 Å². The second kappa shape index (κ2) is 26.7. The fourth-order valence-corrected chi connectivity index (χ4v) is 14.1. The first-order chi connectivity index (χ1) is 40.5. The number of ether oxygens (including phenoxy) is 6. The Balaban J connectivity index is 1.33. The molecule has 0 saturated carbocycles. The van der Waals surface area contributed by atoms with E-state index in [4.69, 9.17) is 28.2 Å². The normalized spacial score (nSPS) is 16.9. The first kappa shape index (κ1) is 68.6. The minimum Gasteiger partial charge on any atom is -0.420 e. The number of anilines is 1. The molecule has 0 aliphatic carbocycles. The van der Waals surface area contributed by atoms with Crippen LogP contribution in [0.25, 0.3) is 21.5 Å². The van der Waals surface area contributed by atoms with Gasteiger partial charge in [-0.25, -0.2) is 8.78 Å². The zero-order valence-electron chi connectivity index (χ0n) is 47.1. The Kier molecular flexibility index (Phi) is 21.0. The number of benzene rings is 5. The molecule has 0 aromatic heterocycles. The lowest BCUT2D eigenvalue weighted by Gasteiger charge is -2.31. The van der Waals surface area contributed by atoms with E-state index in [1.807, 2.05) is 4.90 Å². The van der Waals surface area contributed by atoms with Crippen LogP contribution in [-0.2, 0) is 89.9 Å². The number of hydrogen-bond acceptors (Lipinski definition) is 18. The lowest BCUT2D eigenvalue weighted by molar-refractivity contribution is -0.438. The molecule has 1 atom stereocenters. The van der Waals surface area contributed by atoms with Crippen molar-refractivity contribution >= 4 is 95.2 Å². The van der Waals surface area contributed by atoms with Crippen LogP contribution in [0.4, 0.5) is 28.9 Å². The molecule has 0 amide bonds. The van der Waals surface area contributed by atoms with Crippen LogP contribution in [0.3, 0.4) is 0 Å². The molecule has 5 N–H and O–H groups in total. The smallest absolute Gasteiger partial charge is 0.311 e. The van der Waals surface area contributed by atoms with Crippen LogP contribution >= 0.6 is 0 Å². The van der Waals surface area contributed by atoms with E-state index >= 15 is 0 Å². The molecule has 24 nitrogen and oxygen atoms in total. The molecule has 1 unspecified atom stereocenters. The first-order valence-corrected chi connectivity index (χ1v) is 33.4. The van der Waals surface area contributed by atoms with Crippen LogP contribution in [0.5, 0.6) is 5.75 Å². The number of rotatable bonds is 29. The monoisotopic (exact) mass is 1330 g/mol. The third-order valence-electron chi connectivity index (χ3n) is 14.7. The van der Waals surface area contributed by atoms with Gasteiger partial charge in [0.25, 0.3) is 40.5 Å². The minimum absolute atomic E-state index is 0.00670. The highest BCUT2D eigenvalue weighted by Crippen LogP contribution is 2.54. The number of methoxy groups -OCH3 is 2. The van der Waals surface area contributed by atoms with Crippen LogP contribution in [0.15, 0.2) is 96.9 Å². The Labute approximate surface area is 498 Å². The van der Waals surface area contributed by atoms with Gasteiger partial charge in [0, 0.05) is 85.5 Å². The first-order valence-electron chi connectivity index (χ1n) is 26.2. The van der Waals surface area contributed by atoms with Gasteiger partial charge in [0.2, 0.25) is 23.1 Å². The molecule has 33 heteroatoms. The van der Waals surface area contributed by atoms with Gasteiger partial charge in [0.15, 0.2) is 22.2 Å². The highest BCUT2D eigenvalue weighted by atomic mass is 32.2. The summed E-state index contributed by atoms with van der Waals surface area (Å²) in [5, 5.41) is -0.254. The van der Waals surface area contributed by atoms with Crippen LogP contribution < -0.4 is 9.64 Å². The van der Waals surface area contributed by atoms with Gasteiger partial charge in [-0.05, 0) is 98.8 Å². The molecule has 476 valence electrons. The molecule has 2 aliphatic rings. The quantitative estimate of drug-likeness (QED) is 0.00597. The minimum atomic E-state index is -5.81. The zero-order chi connectivity index (χ0) is 64.4. The predicted octanol–water partition coefficient (Wildman–Crippen LogP) is 7.28. The van der Waals surface area contributed by atoms with Crippen molar-refractivity contribution in [2.75, 3.05) is 85.1 Å². The van der Waals surface area contributed by atoms with E-state index in [1.165, 1.54) is 32.4 Å². The second-order valence-electron chi connectivity index (χ2n) is 20.7. The molecule has 0 spiro atoms. The topological polar surface area (TPSA) is 351 Å². The van der Waals surface area contributed by atoms with Gasteiger partial charge in [-0.1, -0.05) is 12.1 Å². The molecule has 5 aromatic rings. The number of carbonyl (C=O) groups excluding carboxylic acids is 1. The fourth-order valence-electron chi connectivity index (χ4n) is 10.8. The summed E-state index contributed by atoms with van der Waals surface area (Å²) in [6.45, 7) is 6.98. The number of esters is 1. The van der Waals surface area contributed by atoms with Crippen LogP contribution in [0.2, 0.25) is 0 Å². The summed E-state index contributed by atoms with van der Waals surface area (Å²) in [4.78, 5) is 8.90. The number of hydrogen-bond donors (Lipinski definition) is 5. The van der Waals surface area contributed by atoms with Crippen molar-refractivity contribution in [3.05, 3.63) is 107 Å². The summed E-state index contributed by atoms with van der Waals surface area (Å²) in [7, 11) is -23.4. The summed E-state index contributed by atoms with van der Waals surface area (Å²) < 4.78 is 268. The molecule has 0 saturated heterocycles. The average Bonchev–Trinajstić information content (AvgIpc) is 1.62. The average molecular weight is 1330 g/mol. The molecule has 5 aromatic carbocycles. The lowest BCUT2D eigenvalue weighted by Crippen LogP contribution is -2.32. The molecule has 0 fully saturated rings. The molecule has 87 heavy (non-hydrogen) atoms. The van der Waals surface area contributed by atoms with E-state index in [0.29, 0.717) is 59.3 Å². The zero-order valence-corrected chi connectivity index (χ0v) is 51.2. The third-order valence-corrected chi connectivity index (χ3v) is 19.0. The predicted molar refractivity (Wildman–Crippen MR) is 303 cm³/mol. The van der Waals surface area contributed by atoms with Crippen molar-refractivity contribution in [1.29, 1.82) is 0 Å². The molecule has 0 bridgehead atoms. The summed E-state index contributed by atoms with van der Waals surface area (Å²) in [5.41, 5.74) is -0.171. The van der Waals surface area contributed by atoms with E-state index < -0.39 is 127 Å². The summed E-state index contributed by atoms with van der Waals surface area (Å²) >= 11 is 0. The van der Waals surface area contributed by atoms with Gasteiger partial charge in [0.1, 0.15) is 16.3 Å². The van der Waals surface area contributed by atoms with E-state index in [0.717, 1.165) is 12.1 Å². The summed E-state index contributed by atoms with van der Waals surface area (Å²) in [6.07, 6.45) is 4.64. The van der Waals surface area contributed by atoms with Crippen molar-refractivity contribution in [2.24, 2.45) is 0 Å². The molecular formula is C54H61F4N2O22S5+. The Hall–Kier alpha value is -5.89. The molecule has 2 heterocycles. The van der Waals surface area contributed by atoms with E-state index in [2.05, 4.69) is 4.74 Å². The Bertz CT molecular complexity index is 4210. The lowest BCUT2D eigenvalue weighted by atomic mass is 9.76. The Morgan fingerprint density at radius 3 is 1.60 bits per heavy atom. The van der Waals surface area contributed by atoms with E-state index in [9.17, 15) is 82.7 Å². The number of allylic oxidation sites excluding steroid dienone is 4. The molecule has 7 rings (SSSR count). The van der Waals surface area contributed by atoms with Crippen molar-refractivity contribution in [1.82, 2.24) is 0 Å². The van der Waals surface area contributed by atoms with Crippen LogP contribution in [-0.4, -0.2) is 161 Å². The maximum atomic E-state index is 14.7. The van der Waals surface area contributed by atoms with Gasteiger partial charge in [-0.15, -0.1) is 0 Å². The van der Waals surface area contributed by atoms with E-state index in [1.54, 1.807) is 49.6 Å². The highest BCUT2D eigenvalue weighted by Gasteiger charge is 2.48. The third kappa shape index (κ3) is 14.7. The molecule has 0 radical (unpaired) electrons. The van der Waals surface area contributed by atoms with E-state index in [-0.39, 0.29) is 100.0 Å². The SMILES string of the molecule is COCCOCCOCCOCCC1(C)C(=CC=CC2=[N+](CCCCCC(=O)Oc3c(F)c(F)c(S(=O)(=O)O)c(F)c3F)c3ccc4c(S(=O)(=O)O)cc(S(=O)(=O)O)cc4c3C2(C)C)N(CCOC)c2ccc3c(S(=O)(=O)O)cc(S(=O)(=O)O)cc3c21. The Morgan fingerprint density at radius 1 is 0.586 bits per heavy atom. The number of fused-ring (bicyclic) bond motifs is 6. The van der Waals surface area contributed by atoms with Crippen LogP contribution in [0.1, 0.15) is 64.0 Å². The highest BCUT2D eigenvalue weighted by molar-refractivity contribution is 7.87. The summed E-state index contributed by atoms with van der Waals surface area (Å²) in [6, 6.07) is 9.08. The number of halogens is 4. The maximum Gasteiger partial charge on any atom is 0.311 e. The van der Waals surface area contributed by atoms with Gasteiger partial charge in [-0.3, -0.25) is 27.6 Å². The standard InChI is InChI=1S/C54H60F4N2O22S5/c1-53(2)42(10-9-11-43-54(3,17-20-79-24-25-81-27-26-80-23-22-78-5)46-37-29-33(84(65,66)67)31-41(86(71,72)73)35(37)14-16-39(46)60(43)19-21-77-4)59(38-15-13-34-36(45(38)53)28-32(83(62,63)64)30-40(34)85(68,69)70)18-8-6-7-12-44(61)82-51-47(55)49(57)52(87(74,75)76)50(58)48(51)56/h9-11,13-16,28-31H,6-8,12,17-27H2,1-5H3,(H4-,62,63,64,65,66,67,68,69,70,71,72,73,74,75,76)/p+1. The maximum absolute atomic E-state index is 14.7. The van der Waals surface area contributed by atoms with Crippen molar-refractivity contribution < 1.29 is 120 Å². The molecular weight excluding hydrogens is 1260 g/mol. The van der Waals surface area contributed by atoms with Gasteiger partial charge in [-0.2, -0.15) is 55.4 Å². The largest absolute Gasteiger partial charge is 0.420 e. The number of carbonyl (C=O) groups is 1. The number of unbranched alkanes of at least 4 members (excludes halogenated alkanes) is 2. The van der Waals surface area contributed by atoms with Crippen molar-refractivity contribution in [2.45, 2.75) is 88.2 Å². The summed E-state index contributed by atoms with van der Waals surface area (Å²) in [5.74, 6) is -13.2. The van der Waals surface area contributed by atoms with Gasteiger partial charge < -0.3 is 33.3 Å².